The van der Waals surface area contributed by atoms with E-state index in [0.717, 1.165) is 25.9 Å². The normalized spacial score (nSPS) is 19.4. The molecule has 0 saturated carbocycles. The second-order valence-electron chi connectivity index (χ2n) is 5.95. The maximum Gasteiger partial charge on any atom is 0.236 e. The molecule has 1 fully saturated rings. The van der Waals surface area contributed by atoms with Crippen LogP contribution in [-0.2, 0) is 11.2 Å². The zero-order valence-corrected chi connectivity index (χ0v) is 13.3. The van der Waals surface area contributed by atoms with Crippen molar-refractivity contribution >= 4 is 5.91 Å². The first-order valence-corrected chi connectivity index (χ1v) is 8.07. The van der Waals surface area contributed by atoms with Crippen molar-refractivity contribution in [1.29, 1.82) is 0 Å². The number of rotatable bonds is 6. The van der Waals surface area contributed by atoms with Crippen molar-refractivity contribution in [1.82, 2.24) is 14.8 Å². The standard InChI is InChI=1S/C17H27N3O/c1-3-16-6-4-5-12-20(16)14-17(21)19(2)13-9-15-7-10-18-11-8-15/h7-8,10-11,16H,3-6,9,12-14H2,1-2H3. The number of pyridine rings is 1. The fourth-order valence-electron chi connectivity index (χ4n) is 3.00. The largest absolute Gasteiger partial charge is 0.344 e. The minimum Gasteiger partial charge on any atom is -0.344 e. The van der Waals surface area contributed by atoms with Gasteiger partial charge >= 0.3 is 0 Å². The first-order valence-electron chi connectivity index (χ1n) is 8.07. The number of likely N-dealkylation sites (N-methyl/N-ethyl adjacent to an activating group) is 1. The maximum atomic E-state index is 12.4. The summed E-state index contributed by atoms with van der Waals surface area (Å²) in [6, 6.07) is 4.61. The molecule has 116 valence electrons. The number of carbonyl (C=O) groups excluding carboxylic acids is 1. The van der Waals surface area contributed by atoms with Gasteiger partial charge < -0.3 is 4.90 Å². The van der Waals surface area contributed by atoms with Crippen molar-refractivity contribution < 1.29 is 4.79 Å². The summed E-state index contributed by atoms with van der Waals surface area (Å²) < 4.78 is 0. The Hall–Kier alpha value is -1.42. The minimum absolute atomic E-state index is 0.240. The number of amides is 1. The number of nitrogens with zero attached hydrogens (tertiary/aromatic N) is 3. The first-order chi connectivity index (χ1) is 10.2. The molecule has 1 aliphatic heterocycles. The van der Waals surface area contributed by atoms with Crippen LogP contribution >= 0.6 is 0 Å². The Morgan fingerprint density at radius 3 is 2.86 bits per heavy atom. The smallest absolute Gasteiger partial charge is 0.236 e. The Kier molecular flexibility index (Phi) is 6.18. The fraction of sp³-hybridized carbons (Fsp3) is 0.647. The summed E-state index contributed by atoms with van der Waals surface area (Å²) in [5, 5.41) is 0. The summed E-state index contributed by atoms with van der Waals surface area (Å²) in [6.07, 6.45) is 9.42. The molecule has 0 aliphatic carbocycles. The van der Waals surface area contributed by atoms with Gasteiger partial charge in [-0.2, -0.15) is 0 Å². The summed E-state index contributed by atoms with van der Waals surface area (Å²) in [5.41, 5.74) is 1.23. The molecule has 4 heteroatoms. The van der Waals surface area contributed by atoms with Crippen LogP contribution in [-0.4, -0.2) is 53.4 Å². The van der Waals surface area contributed by atoms with E-state index in [4.69, 9.17) is 0 Å². The van der Waals surface area contributed by atoms with Crippen molar-refractivity contribution in [2.75, 3.05) is 26.7 Å². The minimum atomic E-state index is 0.240. The number of carbonyl (C=O) groups is 1. The average Bonchev–Trinajstić information content (AvgIpc) is 2.54. The summed E-state index contributed by atoms with van der Waals surface area (Å²) in [4.78, 5) is 20.6. The van der Waals surface area contributed by atoms with E-state index >= 15 is 0 Å². The average molecular weight is 289 g/mol. The highest BCUT2D eigenvalue weighted by Gasteiger charge is 2.23. The highest BCUT2D eigenvalue weighted by molar-refractivity contribution is 5.78. The summed E-state index contributed by atoms with van der Waals surface area (Å²) in [5.74, 6) is 0.240. The molecule has 2 heterocycles. The van der Waals surface area contributed by atoms with Crippen molar-refractivity contribution in [2.24, 2.45) is 0 Å². The van der Waals surface area contributed by atoms with E-state index in [1.807, 2.05) is 24.1 Å². The Morgan fingerprint density at radius 1 is 1.38 bits per heavy atom. The van der Waals surface area contributed by atoms with Crippen LogP contribution < -0.4 is 0 Å². The molecule has 0 N–H and O–H groups in total. The van der Waals surface area contributed by atoms with Crippen LogP contribution in [0.2, 0.25) is 0 Å². The van der Waals surface area contributed by atoms with Gasteiger partial charge in [0.15, 0.2) is 0 Å². The van der Waals surface area contributed by atoms with Crippen molar-refractivity contribution in [3.05, 3.63) is 30.1 Å². The van der Waals surface area contributed by atoms with Crippen LogP contribution in [0.25, 0.3) is 0 Å². The molecule has 1 amide bonds. The van der Waals surface area contributed by atoms with E-state index in [-0.39, 0.29) is 5.91 Å². The molecule has 0 aromatic carbocycles. The van der Waals surface area contributed by atoms with Gasteiger partial charge in [0.2, 0.25) is 5.91 Å². The SMILES string of the molecule is CCC1CCCCN1CC(=O)N(C)CCc1ccncc1. The lowest BCUT2D eigenvalue weighted by Crippen LogP contribution is -2.46. The Labute approximate surface area is 128 Å². The molecule has 4 nitrogen and oxygen atoms in total. The number of piperidine rings is 1. The predicted molar refractivity (Wildman–Crippen MR) is 85.1 cm³/mol. The van der Waals surface area contributed by atoms with Crippen molar-refractivity contribution in [2.45, 2.75) is 45.1 Å². The van der Waals surface area contributed by atoms with Gasteiger partial charge in [0.25, 0.3) is 0 Å². The van der Waals surface area contributed by atoms with Crippen LogP contribution in [0.15, 0.2) is 24.5 Å². The van der Waals surface area contributed by atoms with Gasteiger partial charge in [-0.3, -0.25) is 14.7 Å². The first kappa shape index (κ1) is 16.0. The van der Waals surface area contributed by atoms with E-state index in [2.05, 4.69) is 16.8 Å². The van der Waals surface area contributed by atoms with Gasteiger partial charge in [0.1, 0.15) is 0 Å². The number of hydrogen-bond acceptors (Lipinski definition) is 3. The van der Waals surface area contributed by atoms with Gasteiger partial charge in [0.05, 0.1) is 6.54 Å². The molecule has 1 unspecified atom stereocenters. The molecule has 0 bridgehead atoms. The van der Waals surface area contributed by atoms with E-state index in [0.29, 0.717) is 12.6 Å². The van der Waals surface area contributed by atoms with E-state index < -0.39 is 0 Å². The Balaban J connectivity index is 1.79. The molecule has 21 heavy (non-hydrogen) atoms. The summed E-state index contributed by atoms with van der Waals surface area (Å²) in [6.45, 7) is 4.64. The zero-order valence-electron chi connectivity index (χ0n) is 13.3. The molecule has 2 rings (SSSR count). The number of aromatic nitrogens is 1. The van der Waals surface area contributed by atoms with E-state index in [1.165, 1.54) is 24.8 Å². The van der Waals surface area contributed by atoms with Crippen molar-refractivity contribution in [3.8, 4) is 0 Å². The van der Waals surface area contributed by atoms with Gasteiger partial charge in [-0.05, 0) is 49.9 Å². The zero-order chi connectivity index (χ0) is 15.1. The van der Waals surface area contributed by atoms with Gasteiger partial charge in [0, 0.05) is 32.0 Å². The fourth-order valence-corrected chi connectivity index (χ4v) is 3.00. The lowest BCUT2D eigenvalue weighted by molar-refractivity contribution is -0.132. The molecule has 1 aromatic heterocycles. The van der Waals surface area contributed by atoms with E-state index in [1.54, 1.807) is 12.4 Å². The van der Waals surface area contributed by atoms with Gasteiger partial charge in [-0.15, -0.1) is 0 Å². The third-order valence-corrected chi connectivity index (χ3v) is 4.47. The van der Waals surface area contributed by atoms with Crippen molar-refractivity contribution in [3.63, 3.8) is 0 Å². The van der Waals surface area contributed by atoms with Gasteiger partial charge in [-0.1, -0.05) is 13.3 Å². The Morgan fingerprint density at radius 2 is 2.14 bits per heavy atom. The highest BCUT2D eigenvalue weighted by atomic mass is 16.2. The van der Waals surface area contributed by atoms with Crippen LogP contribution in [0.3, 0.4) is 0 Å². The predicted octanol–water partition coefficient (Wildman–Crippen LogP) is 2.35. The molecule has 1 aromatic rings. The number of likely N-dealkylation sites (tertiary alicyclic amines) is 1. The van der Waals surface area contributed by atoms with Crippen LogP contribution in [0.4, 0.5) is 0 Å². The molecular formula is C17H27N3O. The van der Waals surface area contributed by atoms with E-state index in [9.17, 15) is 4.79 Å². The van der Waals surface area contributed by atoms with Gasteiger partial charge in [-0.25, -0.2) is 0 Å². The third kappa shape index (κ3) is 4.81. The molecule has 1 aliphatic rings. The molecular weight excluding hydrogens is 262 g/mol. The molecule has 0 spiro atoms. The van der Waals surface area contributed by atoms with Crippen LogP contribution in [0, 0.1) is 0 Å². The molecule has 1 saturated heterocycles. The summed E-state index contributed by atoms with van der Waals surface area (Å²) >= 11 is 0. The lowest BCUT2D eigenvalue weighted by Gasteiger charge is -2.35. The Bertz CT molecular complexity index is 435. The van der Waals surface area contributed by atoms with Crippen LogP contribution in [0.5, 0.6) is 0 Å². The topological polar surface area (TPSA) is 36.4 Å². The lowest BCUT2D eigenvalue weighted by atomic mass is 10.00. The third-order valence-electron chi connectivity index (χ3n) is 4.47. The molecule has 1 atom stereocenters. The number of hydrogen-bond donors (Lipinski definition) is 0. The second-order valence-corrected chi connectivity index (χ2v) is 5.95. The maximum absolute atomic E-state index is 12.4. The van der Waals surface area contributed by atoms with Crippen LogP contribution in [0.1, 0.15) is 38.2 Å². The quantitative estimate of drug-likeness (QED) is 0.806. The molecule has 0 radical (unpaired) electrons. The monoisotopic (exact) mass is 289 g/mol. The highest BCUT2D eigenvalue weighted by Crippen LogP contribution is 2.19. The summed E-state index contributed by atoms with van der Waals surface area (Å²) in [7, 11) is 1.91. The second kappa shape index (κ2) is 8.13.